The van der Waals surface area contributed by atoms with E-state index in [0.29, 0.717) is 17.7 Å². The van der Waals surface area contributed by atoms with Crippen LogP contribution in [-0.4, -0.2) is 29.7 Å². The Bertz CT molecular complexity index is 694. The molecule has 1 saturated heterocycles. The monoisotopic (exact) mass is 325 g/mol. The topological polar surface area (TPSA) is 67.2 Å². The number of carbonyl (C=O) groups is 1. The predicted molar refractivity (Wildman–Crippen MR) is 90.9 cm³/mol. The molecular formula is C19H23N3O2. The van der Waals surface area contributed by atoms with Crippen LogP contribution in [0.4, 0.5) is 0 Å². The predicted octanol–water partition coefficient (Wildman–Crippen LogP) is 2.65. The van der Waals surface area contributed by atoms with Crippen molar-refractivity contribution in [3.05, 3.63) is 53.4 Å². The molecule has 1 amide bonds. The Kier molecular flexibility index (Phi) is 4.34. The molecule has 2 atom stereocenters. The molecule has 126 valence electrons. The SMILES string of the molecule is O=C(N[C@@H]1CCN[C@@H](Cc2ccccc2)C1)c1cc(C2CC2)on1. The third kappa shape index (κ3) is 3.67. The van der Waals surface area contributed by atoms with Crippen LogP contribution in [0.3, 0.4) is 0 Å². The molecule has 4 rings (SSSR count). The second-order valence-corrected chi connectivity index (χ2v) is 6.92. The molecule has 0 spiro atoms. The van der Waals surface area contributed by atoms with Crippen molar-refractivity contribution in [2.45, 2.75) is 50.1 Å². The smallest absolute Gasteiger partial charge is 0.273 e. The highest BCUT2D eigenvalue weighted by Crippen LogP contribution is 2.40. The summed E-state index contributed by atoms with van der Waals surface area (Å²) in [7, 11) is 0. The quantitative estimate of drug-likeness (QED) is 0.887. The lowest BCUT2D eigenvalue weighted by Gasteiger charge is -2.30. The first kappa shape index (κ1) is 15.4. The van der Waals surface area contributed by atoms with E-state index in [4.69, 9.17) is 4.52 Å². The summed E-state index contributed by atoms with van der Waals surface area (Å²) in [5.41, 5.74) is 1.74. The van der Waals surface area contributed by atoms with Crippen molar-refractivity contribution in [2.75, 3.05) is 6.54 Å². The Hall–Kier alpha value is -2.14. The lowest BCUT2D eigenvalue weighted by molar-refractivity contribution is 0.0915. The van der Waals surface area contributed by atoms with Crippen molar-refractivity contribution in [2.24, 2.45) is 0 Å². The Labute approximate surface area is 141 Å². The molecule has 2 N–H and O–H groups in total. The number of piperidine rings is 1. The third-order valence-electron chi connectivity index (χ3n) is 4.90. The highest BCUT2D eigenvalue weighted by molar-refractivity contribution is 5.92. The van der Waals surface area contributed by atoms with E-state index < -0.39 is 0 Å². The van der Waals surface area contributed by atoms with Crippen LogP contribution in [0.1, 0.15) is 53.4 Å². The molecule has 0 bridgehead atoms. The Balaban J connectivity index is 1.32. The largest absolute Gasteiger partial charge is 0.360 e. The van der Waals surface area contributed by atoms with Crippen LogP contribution in [0.15, 0.2) is 40.9 Å². The Morgan fingerprint density at radius 3 is 2.88 bits per heavy atom. The molecule has 1 aliphatic heterocycles. The molecule has 1 saturated carbocycles. The summed E-state index contributed by atoms with van der Waals surface area (Å²) in [6, 6.07) is 12.9. The average molecular weight is 325 g/mol. The second kappa shape index (κ2) is 6.77. The maximum absolute atomic E-state index is 12.4. The van der Waals surface area contributed by atoms with Gasteiger partial charge in [0.2, 0.25) is 0 Å². The van der Waals surface area contributed by atoms with E-state index in [9.17, 15) is 4.79 Å². The van der Waals surface area contributed by atoms with Crippen molar-refractivity contribution < 1.29 is 9.32 Å². The van der Waals surface area contributed by atoms with Gasteiger partial charge in [0.05, 0.1) is 0 Å². The molecule has 5 heteroatoms. The van der Waals surface area contributed by atoms with E-state index in [-0.39, 0.29) is 11.9 Å². The standard InChI is InChI=1S/C19H23N3O2/c23-19(17-12-18(24-22-17)14-6-7-14)21-15-8-9-20-16(11-15)10-13-4-2-1-3-5-13/h1-5,12,14-16,20H,6-11H2,(H,21,23)/t15-,16+/m1/s1. The number of carbonyl (C=O) groups excluding carboxylic acids is 1. The highest BCUT2D eigenvalue weighted by Gasteiger charge is 2.30. The summed E-state index contributed by atoms with van der Waals surface area (Å²) in [5, 5.41) is 10.6. The minimum atomic E-state index is -0.115. The van der Waals surface area contributed by atoms with Crippen LogP contribution in [0, 0.1) is 0 Å². The fourth-order valence-electron chi connectivity index (χ4n) is 3.41. The molecule has 24 heavy (non-hydrogen) atoms. The molecule has 2 aromatic rings. The molecule has 2 aliphatic rings. The van der Waals surface area contributed by atoms with Crippen LogP contribution < -0.4 is 10.6 Å². The summed E-state index contributed by atoms with van der Waals surface area (Å²) in [6.07, 6.45) is 5.17. The molecule has 5 nitrogen and oxygen atoms in total. The van der Waals surface area contributed by atoms with E-state index in [1.54, 1.807) is 6.07 Å². The second-order valence-electron chi connectivity index (χ2n) is 6.92. The third-order valence-corrected chi connectivity index (χ3v) is 4.90. The molecule has 1 aromatic carbocycles. The number of hydrogen-bond donors (Lipinski definition) is 2. The van der Waals surface area contributed by atoms with Gasteiger partial charge in [-0.05, 0) is 44.2 Å². The molecule has 2 heterocycles. The van der Waals surface area contributed by atoms with Crippen molar-refractivity contribution in [1.29, 1.82) is 0 Å². The van der Waals surface area contributed by atoms with Gasteiger partial charge >= 0.3 is 0 Å². The Morgan fingerprint density at radius 1 is 1.25 bits per heavy atom. The first-order valence-electron chi connectivity index (χ1n) is 8.83. The zero-order valence-corrected chi connectivity index (χ0v) is 13.7. The van der Waals surface area contributed by atoms with Crippen molar-refractivity contribution >= 4 is 5.91 Å². The fraction of sp³-hybridized carbons (Fsp3) is 0.474. The fourth-order valence-corrected chi connectivity index (χ4v) is 3.41. The number of amides is 1. The first-order valence-corrected chi connectivity index (χ1v) is 8.83. The summed E-state index contributed by atoms with van der Waals surface area (Å²) >= 11 is 0. The average Bonchev–Trinajstić information content (AvgIpc) is 3.33. The minimum Gasteiger partial charge on any atom is -0.360 e. The molecule has 0 unspecified atom stereocenters. The molecule has 1 aromatic heterocycles. The van der Waals surface area contributed by atoms with Crippen LogP contribution in [-0.2, 0) is 6.42 Å². The summed E-state index contributed by atoms with van der Waals surface area (Å²) < 4.78 is 5.28. The summed E-state index contributed by atoms with van der Waals surface area (Å²) in [4.78, 5) is 12.4. The lowest BCUT2D eigenvalue weighted by Crippen LogP contribution is -2.48. The van der Waals surface area contributed by atoms with E-state index in [0.717, 1.165) is 44.4 Å². The van der Waals surface area contributed by atoms with E-state index in [1.165, 1.54) is 5.56 Å². The molecular weight excluding hydrogens is 302 g/mol. The molecule has 0 radical (unpaired) electrons. The van der Waals surface area contributed by atoms with Gasteiger partial charge in [0.25, 0.3) is 5.91 Å². The van der Waals surface area contributed by atoms with Gasteiger partial charge in [-0.3, -0.25) is 4.79 Å². The number of rotatable bonds is 5. The maximum atomic E-state index is 12.4. The zero-order valence-electron chi connectivity index (χ0n) is 13.7. The minimum absolute atomic E-state index is 0.115. The van der Waals surface area contributed by atoms with Crippen molar-refractivity contribution in [3.63, 3.8) is 0 Å². The maximum Gasteiger partial charge on any atom is 0.273 e. The number of benzene rings is 1. The summed E-state index contributed by atoms with van der Waals surface area (Å²) in [5.74, 6) is 1.22. The van der Waals surface area contributed by atoms with Gasteiger partial charge in [0.15, 0.2) is 5.69 Å². The van der Waals surface area contributed by atoms with Gasteiger partial charge in [0.1, 0.15) is 5.76 Å². The zero-order chi connectivity index (χ0) is 16.4. The van der Waals surface area contributed by atoms with Crippen LogP contribution in [0.5, 0.6) is 0 Å². The van der Waals surface area contributed by atoms with Gasteiger partial charge in [-0.15, -0.1) is 0 Å². The number of nitrogens with one attached hydrogen (secondary N) is 2. The van der Waals surface area contributed by atoms with E-state index >= 15 is 0 Å². The number of aromatic nitrogens is 1. The van der Waals surface area contributed by atoms with Gasteiger partial charge in [-0.1, -0.05) is 35.5 Å². The first-order chi connectivity index (χ1) is 11.8. The van der Waals surface area contributed by atoms with E-state index in [1.807, 2.05) is 6.07 Å². The van der Waals surface area contributed by atoms with Crippen molar-refractivity contribution in [3.8, 4) is 0 Å². The number of hydrogen-bond acceptors (Lipinski definition) is 4. The van der Waals surface area contributed by atoms with E-state index in [2.05, 4.69) is 40.1 Å². The highest BCUT2D eigenvalue weighted by atomic mass is 16.5. The van der Waals surface area contributed by atoms with Crippen LogP contribution in [0.25, 0.3) is 0 Å². The van der Waals surface area contributed by atoms with Gasteiger partial charge in [-0.2, -0.15) is 0 Å². The Morgan fingerprint density at radius 2 is 2.08 bits per heavy atom. The molecule has 2 fully saturated rings. The van der Waals surface area contributed by atoms with Gasteiger partial charge < -0.3 is 15.2 Å². The summed E-state index contributed by atoms with van der Waals surface area (Å²) in [6.45, 7) is 0.925. The molecule has 1 aliphatic carbocycles. The number of nitrogens with zero attached hydrogens (tertiary/aromatic N) is 1. The normalized spacial score (nSPS) is 23.8. The van der Waals surface area contributed by atoms with Crippen LogP contribution >= 0.6 is 0 Å². The van der Waals surface area contributed by atoms with Gasteiger partial charge in [-0.25, -0.2) is 0 Å². The lowest BCUT2D eigenvalue weighted by atomic mass is 9.94. The van der Waals surface area contributed by atoms with Crippen molar-refractivity contribution in [1.82, 2.24) is 15.8 Å². The van der Waals surface area contributed by atoms with Crippen LogP contribution in [0.2, 0.25) is 0 Å². The van der Waals surface area contributed by atoms with Gasteiger partial charge in [0, 0.05) is 24.1 Å².